The maximum absolute atomic E-state index is 11.5. The number of rotatable bonds is 3. The van der Waals surface area contributed by atoms with Gasteiger partial charge < -0.3 is 4.90 Å². The van der Waals surface area contributed by atoms with Gasteiger partial charge in [-0.05, 0) is 22.4 Å². The molecule has 0 radical (unpaired) electrons. The highest BCUT2D eigenvalue weighted by Crippen LogP contribution is 2.21. The zero-order valence-corrected chi connectivity index (χ0v) is 12.6. The molecule has 0 spiro atoms. The predicted molar refractivity (Wildman–Crippen MR) is 73.0 cm³/mol. The first kappa shape index (κ1) is 13.7. The Labute approximate surface area is 115 Å². The molecule has 0 amide bonds. The van der Waals surface area contributed by atoms with E-state index >= 15 is 0 Å². The van der Waals surface area contributed by atoms with E-state index in [4.69, 9.17) is 0 Å². The summed E-state index contributed by atoms with van der Waals surface area (Å²) in [6, 6.07) is -0.00718. The van der Waals surface area contributed by atoms with Crippen molar-refractivity contribution in [2.75, 3.05) is 31.3 Å². The highest BCUT2D eigenvalue weighted by atomic mass is 79.9. The van der Waals surface area contributed by atoms with Crippen LogP contribution in [0.4, 0.5) is 5.95 Å². The molecule has 2 heterocycles. The molecular weight excluding hydrogens is 320 g/mol. The van der Waals surface area contributed by atoms with Crippen molar-refractivity contribution in [3.63, 3.8) is 0 Å². The molecule has 1 atom stereocenters. The van der Waals surface area contributed by atoms with E-state index < -0.39 is 10.0 Å². The molecule has 0 bridgehead atoms. The van der Waals surface area contributed by atoms with Gasteiger partial charge in [-0.15, -0.1) is 0 Å². The minimum atomic E-state index is -3.14. The van der Waals surface area contributed by atoms with E-state index in [9.17, 15) is 8.42 Å². The van der Waals surface area contributed by atoms with E-state index in [-0.39, 0.29) is 6.04 Å². The summed E-state index contributed by atoms with van der Waals surface area (Å²) in [4.78, 5) is 10.4. The topological polar surface area (TPSA) is 66.4 Å². The maximum atomic E-state index is 11.5. The molecule has 1 fully saturated rings. The summed E-state index contributed by atoms with van der Waals surface area (Å²) >= 11 is 3.28. The van der Waals surface area contributed by atoms with Crippen LogP contribution in [0.15, 0.2) is 16.9 Å². The third-order valence-electron chi connectivity index (χ3n) is 3.09. The standard InChI is InChI=1S/C10H15BrN4O2S/c1-14(18(2,16)17)9-3-4-15(7-9)10-12-5-8(11)6-13-10/h5-6,9H,3-4,7H2,1-2H3. The Hall–Kier alpha value is -0.730. The SMILES string of the molecule is CN(C1CCN(c2ncc(Br)cn2)C1)S(C)(=O)=O. The van der Waals surface area contributed by atoms with Crippen molar-refractivity contribution < 1.29 is 8.42 Å². The minimum absolute atomic E-state index is 0.00718. The third-order valence-corrected chi connectivity index (χ3v) is 4.84. The highest BCUT2D eigenvalue weighted by molar-refractivity contribution is 9.10. The van der Waals surface area contributed by atoms with Crippen molar-refractivity contribution in [2.24, 2.45) is 0 Å². The molecule has 1 saturated heterocycles. The van der Waals surface area contributed by atoms with Crippen LogP contribution in [-0.2, 0) is 10.0 Å². The Bertz CT molecular complexity index is 519. The second-order valence-corrected chi connectivity index (χ2v) is 7.33. The van der Waals surface area contributed by atoms with Crippen LogP contribution in [0.5, 0.6) is 0 Å². The second kappa shape index (κ2) is 5.10. The normalized spacial score (nSPS) is 20.7. The van der Waals surface area contributed by atoms with Crippen LogP contribution in [0.1, 0.15) is 6.42 Å². The van der Waals surface area contributed by atoms with Gasteiger partial charge in [-0.25, -0.2) is 22.7 Å². The van der Waals surface area contributed by atoms with E-state index in [2.05, 4.69) is 25.9 Å². The fourth-order valence-corrected chi connectivity index (χ4v) is 2.88. The van der Waals surface area contributed by atoms with Gasteiger partial charge in [0.15, 0.2) is 0 Å². The van der Waals surface area contributed by atoms with Gasteiger partial charge in [0.05, 0.1) is 10.7 Å². The zero-order valence-electron chi connectivity index (χ0n) is 10.2. The summed E-state index contributed by atoms with van der Waals surface area (Å²) in [5, 5.41) is 0. The van der Waals surface area contributed by atoms with Crippen molar-refractivity contribution >= 4 is 31.9 Å². The third kappa shape index (κ3) is 2.99. The Morgan fingerprint density at radius 3 is 2.61 bits per heavy atom. The number of nitrogens with zero attached hydrogens (tertiary/aromatic N) is 4. The van der Waals surface area contributed by atoms with Gasteiger partial charge in [0.2, 0.25) is 16.0 Å². The summed E-state index contributed by atoms with van der Waals surface area (Å²) in [7, 11) is -1.52. The molecule has 1 aliphatic heterocycles. The summed E-state index contributed by atoms with van der Waals surface area (Å²) in [6.07, 6.45) is 5.40. The molecule has 0 saturated carbocycles. The summed E-state index contributed by atoms with van der Waals surface area (Å²) in [5.41, 5.74) is 0. The van der Waals surface area contributed by atoms with Gasteiger partial charge in [0, 0.05) is 38.6 Å². The lowest BCUT2D eigenvalue weighted by Gasteiger charge is -2.22. The number of likely N-dealkylation sites (N-methyl/N-ethyl adjacent to an activating group) is 1. The van der Waals surface area contributed by atoms with Crippen molar-refractivity contribution in [1.82, 2.24) is 14.3 Å². The molecule has 0 aliphatic carbocycles. The summed E-state index contributed by atoms with van der Waals surface area (Å²) in [5.74, 6) is 0.641. The van der Waals surface area contributed by atoms with Crippen molar-refractivity contribution in [2.45, 2.75) is 12.5 Å². The van der Waals surface area contributed by atoms with Crippen molar-refractivity contribution in [1.29, 1.82) is 0 Å². The van der Waals surface area contributed by atoms with Crippen molar-refractivity contribution in [3.8, 4) is 0 Å². The second-order valence-electron chi connectivity index (χ2n) is 4.37. The van der Waals surface area contributed by atoms with E-state index in [1.165, 1.54) is 10.6 Å². The molecule has 100 valence electrons. The lowest BCUT2D eigenvalue weighted by Crippen LogP contribution is -2.38. The summed E-state index contributed by atoms with van der Waals surface area (Å²) < 4.78 is 25.2. The first-order valence-corrected chi connectivity index (χ1v) is 8.17. The molecule has 1 aromatic heterocycles. The predicted octanol–water partition coefficient (Wildman–Crippen LogP) is 0.709. The largest absolute Gasteiger partial charge is 0.339 e. The molecule has 1 aliphatic rings. The highest BCUT2D eigenvalue weighted by Gasteiger charge is 2.31. The van der Waals surface area contributed by atoms with E-state index in [1.807, 2.05) is 4.90 Å². The zero-order chi connectivity index (χ0) is 13.3. The molecule has 1 aromatic rings. The van der Waals surface area contributed by atoms with E-state index in [0.717, 1.165) is 17.4 Å². The van der Waals surface area contributed by atoms with Crippen LogP contribution in [0.25, 0.3) is 0 Å². The van der Waals surface area contributed by atoms with Gasteiger partial charge in [-0.3, -0.25) is 0 Å². The number of anilines is 1. The molecular formula is C10H15BrN4O2S. The van der Waals surface area contributed by atoms with Gasteiger partial charge in [0.1, 0.15) is 0 Å². The molecule has 18 heavy (non-hydrogen) atoms. The first-order valence-electron chi connectivity index (χ1n) is 5.53. The van der Waals surface area contributed by atoms with Gasteiger partial charge >= 0.3 is 0 Å². The fraction of sp³-hybridized carbons (Fsp3) is 0.600. The smallest absolute Gasteiger partial charge is 0.225 e. The van der Waals surface area contributed by atoms with Crippen LogP contribution >= 0.6 is 15.9 Å². The molecule has 6 nitrogen and oxygen atoms in total. The number of hydrogen-bond donors (Lipinski definition) is 0. The monoisotopic (exact) mass is 334 g/mol. The Morgan fingerprint density at radius 1 is 1.44 bits per heavy atom. The quantitative estimate of drug-likeness (QED) is 0.814. The molecule has 2 rings (SSSR count). The number of aromatic nitrogens is 2. The number of sulfonamides is 1. The van der Waals surface area contributed by atoms with Crippen LogP contribution in [0.3, 0.4) is 0 Å². The Kier molecular flexibility index (Phi) is 3.88. The molecule has 0 N–H and O–H groups in total. The lowest BCUT2D eigenvalue weighted by atomic mass is 10.3. The van der Waals surface area contributed by atoms with Crippen molar-refractivity contribution in [3.05, 3.63) is 16.9 Å². The van der Waals surface area contributed by atoms with E-state index in [0.29, 0.717) is 12.5 Å². The van der Waals surface area contributed by atoms with Crippen LogP contribution in [-0.4, -0.2) is 55.1 Å². The first-order chi connectivity index (χ1) is 8.38. The molecule has 8 heteroatoms. The maximum Gasteiger partial charge on any atom is 0.225 e. The average molecular weight is 335 g/mol. The number of halogens is 1. The molecule has 1 unspecified atom stereocenters. The van der Waals surface area contributed by atoms with Crippen LogP contribution in [0.2, 0.25) is 0 Å². The number of hydrogen-bond acceptors (Lipinski definition) is 5. The molecule has 0 aromatic carbocycles. The minimum Gasteiger partial charge on any atom is -0.339 e. The van der Waals surface area contributed by atoms with Gasteiger partial charge in [-0.2, -0.15) is 0 Å². The fourth-order valence-electron chi connectivity index (χ4n) is 1.96. The van der Waals surface area contributed by atoms with Gasteiger partial charge in [0.25, 0.3) is 0 Å². The lowest BCUT2D eigenvalue weighted by molar-refractivity contribution is 0.393. The summed E-state index contributed by atoms with van der Waals surface area (Å²) in [6.45, 7) is 1.40. The average Bonchev–Trinajstić information content (AvgIpc) is 2.77. The Morgan fingerprint density at radius 2 is 2.06 bits per heavy atom. The van der Waals surface area contributed by atoms with Crippen LogP contribution in [0, 0.1) is 0 Å². The van der Waals surface area contributed by atoms with Crippen LogP contribution < -0.4 is 4.90 Å². The van der Waals surface area contributed by atoms with E-state index in [1.54, 1.807) is 19.4 Å². The Balaban J connectivity index is 2.07. The van der Waals surface area contributed by atoms with Gasteiger partial charge in [-0.1, -0.05) is 0 Å².